The molecule has 0 aromatic heterocycles. The Kier molecular flexibility index (Phi) is 6.37. The molecule has 3 rings (SSSR count). The Morgan fingerprint density at radius 2 is 1.90 bits per heavy atom. The van der Waals surface area contributed by atoms with E-state index in [0.29, 0.717) is 18.5 Å². The first-order chi connectivity index (χ1) is 14.4. The van der Waals surface area contributed by atoms with Crippen LogP contribution in [0.1, 0.15) is 24.5 Å². The number of hydrogen-bond donors (Lipinski definition) is 3. The van der Waals surface area contributed by atoms with Crippen LogP contribution in [-0.4, -0.2) is 43.6 Å². The van der Waals surface area contributed by atoms with E-state index >= 15 is 0 Å². The van der Waals surface area contributed by atoms with Crippen LogP contribution in [0.2, 0.25) is 0 Å². The first-order valence-electron chi connectivity index (χ1n) is 9.85. The van der Waals surface area contributed by atoms with Gasteiger partial charge in [-0.3, -0.25) is 15.0 Å². The fourth-order valence-electron chi connectivity index (χ4n) is 3.67. The van der Waals surface area contributed by atoms with Gasteiger partial charge < -0.3 is 15.0 Å². The molecule has 0 aliphatic carbocycles. The second kappa shape index (κ2) is 8.96. The van der Waals surface area contributed by atoms with Crippen molar-refractivity contribution in [1.29, 1.82) is 0 Å². The molecule has 1 saturated heterocycles. The Balaban J connectivity index is 1.64. The summed E-state index contributed by atoms with van der Waals surface area (Å²) in [6, 6.07) is 16.0. The molecule has 30 heavy (non-hydrogen) atoms. The number of ether oxygens (including phenoxy) is 1. The number of methoxy groups -OCH3 is 1. The van der Waals surface area contributed by atoms with Crippen LogP contribution < -0.4 is 20.4 Å². The van der Waals surface area contributed by atoms with Gasteiger partial charge in [0.2, 0.25) is 0 Å². The number of amides is 4. The molecule has 8 nitrogen and oxygen atoms in total. The minimum Gasteiger partial charge on any atom is -0.497 e. The Labute approximate surface area is 175 Å². The first kappa shape index (κ1) is 21.3. The van der Waals surface area contributed by atoms with Gasteiger partial charge in [0.05, 0.1) is 14.2 Å². The molecule has 8 heteroatoms. The van der Waals surface area contributed by atoms with E-state index in [0.717, 1.165) is 21.2 Å². The van der Waals surface area contributed by atoms with Crippen molar-refractivity contribution in [3.63, 3.8) is 0 Å². The van der Waals surface area contributed by atoms with Gasteiger partial charge in [0.1, 0.15) is 17.8 Å². The lowest BCUT2D eigenvalue weighted by Crippen LogP contribution is -3.09. The van der Waals surface area contributed by atoms with Gasteiger partial charge in [-0.15, -0.1) is 0 Å². The normalized spacial score (nSPS) is 19.4. The van der Waals surface area contributed by atoms with Gasteiger partial charge in [-0.25, -0.2) is 4.79 Å². The number of carbonyl (C=O) groups is 3. The molecule has 0 bridgehead atoms. The molecule has 0 spiro atoms. The fourth-order valence-corrected chi connectivity index (χ4v) is 3.67. The topological polar surface area (TPSA) is 92.2 Å². The van der Waals surface area contributed by atoms with Crippen molar-refractivity contribution < 1.29 is 24.0 Å². The Morgan fingerprint density at radius 3 is 2.57 bits per heavy atom. The predicted octanol–water partition coefficient (Wildman–Crippen LogP) is 0.598. The van der Waals surface area contributed by atoms with E-state index in [1.807, 2.05) is 56.4 Å². The molecule has 1 fully saturated rings. The molecule has 1 aliphatic heterocycles. The summed E-state index contributed by atoms with van der Waals surface area (Å²) in [7, 11) is 3.47. The molecule has 3 N–H and O–H groups in total. The van der Waals surface area contributed by atoms with Crippen LogP contribution in [0.5, 0.6) is 5.75 Å². The highest BCUT2D eigenvalue weighted by Gasteiger charge is 2.52. The van der Waals surface area contributed by atoms with E-state index in [9.17, 15) is 14.4 Å². The van der Waals surface area contributed by atoms with Crippen LogP contribution in [0.3, 0.4) is 0 Å². The number of nitrogens with one attached hydrogen (secondary N) is 3. The summed E-state index contributed by atoms with van der Waals surface area (Å²) in [5.74, 6) is -0.153. The van der Waals surface area contributed by atoms with E-state index in [2.05, 4.69) is 10.7 Å². The molecular weight excluding hydrogens is 384 g/mol. The monoisotopic (exact) mass is 411 g/mol. The molecule has 1 unspecified atom stereocenters. The van der Waals surface area contributed by atoms with Gasteiger partial charge >= 0.3 is 6.03 Å². The average molecular weight is 411 g/mol. The number of nitrogens with zero attached hydrogens (tertiary/aromatic N) is 1. The molecule has 0 radical (unpaired) electrons. The van der Waals surface area contributed by atoms with Crippen molar-refractivity contribution in [3.05, 3.63) is 65.7 Å². The maximum Gasteiger partial charge on any atom is 0.344 e. The van der Waals surface area contributed by atoms with Gasteiger partial charge in [-0.2, -0.15) is 5.01 Å². The second-order valence-electron chi connectivity index (χ2n) is 7.39. The van der Waals surface area contributed by atoms with Crippen LogP contribution in [-0.2, 0) is 21.7 Å². The maximum atomic E-state index is 13.1. The Bertz CT molecular complexity index is 934. The maximum absolute atomic E-state index is 13.1. The molecular formula is C22H27N4O4+. The third-order valence-electron chi connectivity index (χ3n) is 5.23. The fraction of sp³-hybridized carbons (Fsp3) is 0.318. The zero-order chi connectivity index (χ0) is 21.7. The molecule has 2 atom stereocenters. The van der Waals surface area contributed by atoms with Gasteiger partial charge in [0, 0.05) is 5.56 Å². The smallest absolute Gasteiger partial charge is 0.344 e. The first-order valence-corrected chi connectivity index (χ1v) is 9.85. The number of hydrogen-bond acceptors (Lipinski definition) is 4. The second-order valence-corrected chi connectivity index (χ2v) is 7.39. The van der Waals surface area contributed by atoms with Gasteiger partial charge in [-0.05, 0) is 24.1 Å². The zero-order valence-electron chi connectivity index (χ0n) is 17.4. The molecule has 2 aromatic carbocycles. The number of benzene rings is 2. The van der Waals surface area contributed by atoms with Gasteiger partial charge in [0.15, 0.2) is 6.54 Å². The van der Waals surface area contributed by atoms with Crippen molar-refractivity contribution in [1.82, 2.24) is 15.8 Å². The summed E-state index contributed by atoms with van der Waals surface area (Å²) in [6.45, 7) is 2.51. The van der Waals surface area contributed by atoms with Crippen molar-refractivity contribution >= 4 is 17.8 Å². The van der Waals surface area contributed by atoms with Crippen molar-refractivity contribution in [2.24, 2.45) is 0 Å². The third kappa shape index (κ3) is 4.28. The Morgan fingerprint density at radius 1 is 1.17 bits per heavy atom. The van der Waals surface area contributed by atoms with Crippen LogP contribution in [0, 0.1) is 0 Å². The van der Waals surface area contributed by atoms with Crippen LogP contribution in [0.4, 0.5) is 4.79 Å². The van der Waals surface area contributed by atoms with Gasteiger partial charge in [0.25, 0.3) is 11.8 Å². The molecule has 0 saturated carbocycles. The predicted molar refractivity (Wildman–Crippen MR) is 110 cm³/mol. The highest BCUT2D eigenvalue weighted by Crippen LogP contribution is 2.31. The van der Waals surface area contributed by atoms with Crippen LogP contribution >= 0.6 is 0 Å². The van der Waals surface area contributed by atoms with E-state index in [1.54, 1.807) is 19.2 Å². The van der Waals surface area contributed by atoms with Crippen molar-refractivity contribution in [2.45, 2.75) is 25.4 Å². The highest BCUT2D eigenvalue weighted by atomic mass is 16.5. The number of likely N-dealkylation sites (N-methyl/N-ethyl adjacent to an activating group) is 1. The summed E-state index contributed by atoms with van der Waals surface area (Å²) in [6.07, 6.45) is 0.370. The van der Waals surface area contributed by atoms with E-state index in [1.165, 1.54) is 0 Å². The number of urea groups is 1. The molecule has 1 heterocycles. The Hall–Kier alpha value is -3.39. The quantitative estimate of drug-likeness (QED) is 0.555. The minimum atomic E-state index is -1.18. The molecule has 1 aliphatic rings. The zero-order valence-corrected chi connectivity index (χ0v) is 17.4. The standard InChI is InChI=1S/C22H26N4O4/c1-4-22(17-10-6-5-7-11-17)20(28)26(21(29)23-22)24-19(27)15-25(2)14-16-9-8-12-18(13-16)30-3/h5-13H,4,14-15H2,1-3H3,(H,23,29)(H,24,27)/p+1/t22-/m0/s1. The summed E-state index contributed by atoms with van der Waals surface area (Å²) in [5, 5.41) is 3.54. The summed E-state index contributed by atoms with van der Waals surface area (Å²) < 4.78 is 5.22. The lowest BCUT2D eigenvalue weighted by molar-refractivity contribution is -0.885. The third-order valence-corrected chi connectivity index (χ3v) is 5.23. The number of imide groups is 1. The molecule has 158 valence electrons. The summed E-state index contributed by atoms with van der Waals surface area (Å²) >= 11 is 0. The number of carbonyl (C=O) groups excluding carboxylic acids is 3. The lowest BCUT2D eigenvalue weighted by Gasteiger charge is -2.25. The van der Waals surface area contributed by atoms with Gasteiger partial charge in [-0.1, -0.05) is 49.4 Å². The summed E-state index contributed by atoms with van der Waals surface area (Å²) in [4.78, 5) is 39.0. The molecule has 4 amide bonds. The number of quaternary nitrogens is 1. The molecule has 2 aromatic rings. The lowest BCUT2D eigenvalue weighted by atomic mass is 9.87. The van der Waals surface area contributed by atoms with E-state index in [4.69, 9.17) is 4.74 Å². The van der Waals surface area contributed by atoms with Crippen LogP contribution in [0.15, 0.2) is 54.6 Å². The SMILES string of the molecule is CC[C@@]1(c2ccccc2)NC(=O)N(NC(=O)C[NH+](C)Cc2cccc(OC)c2)C1=O. The van der Waals surface area contributed by atoms with Crippen molar-refractivity contribution in [2.75, 3.05) is 20.7 Å². The van der Waals surface area contributed by atoms with E-state index in [-0.39, 0.29) is 6.54 Å². The van der Waals surface area contributed by atoms with Crippen molar-refractivity contribution in [3.8, 4) is 5.75 Å². The minimum absolute atomic E-state index is 0.0960. The van der Waals surface area contributed by atoms with Crippen LogP contribution in [0.25, 0.3) is 0 Å². The summed E-state index contributed by atoms with van der Waals surface area (Å²) in [5.41, 5.74) is 2.99. The number of hydrazine groups is 1. The largest absolute Gasteiger partial charge is 0.497 e. The average Bonchev–Trinajstić information content (AvgIpc) is 2.99. The highest BCUT2D eigenvalue weighted by molar-refractivity contribution is 6.08. The number of rotatable bonds is 8. The van der Waals surface area contributed by atoms with E-state index < -0.39 is 23.4 Å².